The van der Waals surface area contributed by atoms with Gasteiger partial charge in [-0.05, 0) is 47.5 Å². The number of nitrogens with two attached hydrogens (primary N) is 3. The molecule has 9 heteroatoms. The van der Waals surface area contributed by atoms with Crippen molar-refractivity contribution in [2.45, 2.75) is 4.90 Å². The van der Waals surface area contributed by atoms with E-state index in [0.29, 0.717) is 21.8 Å². The Morgan fingerprint density at radius 3 is 2.19 bits per heavy atom. The fourth-order valence-electron chi connectivity index (χ4n) is 2.59. The van der Waals surface area contributed by atoms with Crippen LogP contribution in [0.4, 0.5) is 5.69 Å². The lowest BCUT2D eigenvalue weighted by molar-refractivity contribution is 0.100. The quantitative estimate of drug-likeness (QED) is 0.574. The fraction of sp³-hybridized carbons (Fsp3) is 0. The SMILES string of the molecule is NC(=O)c1cc(-c2ccc(Cl)cc2)cc(-c2ccc(S(N)(=O)=O)cn2)c1N. The van der Waals surface area contributed by atoms with Gasteiger partial charge in [-0.1, -0.05) is 23.7 Å². The molecule has 0 aliphatic rings. The second kappa shape index (κ2) is 6.99. The highest BCUT2D eigenvalue weighted by Gasteiger charge is 2.16. The molecule has 0 bridgehead atoms. The summed E-state index contributed by atoms with van der Waals surface area (Å²) < 4.78 is 22.8. The second-order valence-corrected chi connectivity index (χ2v) is 7.78. The molecule has 1 amide bonds. The van der Waals surface area contributed by atoms with Crippen molar-refractivity contribution in [3.05, 3.63) is 65.3 Å². The number of primary sulfonamides is 1. The van der Waals surface area contributed by atoms with E-state index in [-0.39, 0.29) is 16.1 Å². The fourth-order valence-corrected chi connectivity index (χ4v) is 3.17. The van der Waals surface area contributed by atoms with Crippen molar-refractivity contribution in [3.63, 3.8) is 0 Å². The monoisotopic (exact) mass is 402 g/mol. The van der Waals surface area contributed by atoms with Gasteiger partial charge in [0.05, 0.1) is 16.9 Å². The highest BCUT2D eigenvalue weighted by molar-refractivity contribution is 7.89. The number of carbonyl (C=O) groups is 1. The van der Waals surface area contributed by atoms with Gasteiger partial charge in [-0.2, -0.15) is 0 Å². The van der Waals surface area contributed by atoms with Gasteiger partial charge in [-0.25, -0.2) is 13.6 Å². The maximum atomic E-state index is 11.8. The van der Waals surface area contributed by atoms with E-state index in [0.717, 1.165) is 11.8 Å². The second-order valence-electron chi connectivity index (χ2n) is 5.78. The third kappa shape index (κ3) is 3.92. The predicted octanol–water partition coefficient (Wildman–Crippen LogP) is 2.40. The number of aromatic nitrogens is 1. The summed E-state index contributed by atoms with van der Waals surface area (Å²) in [6.45, 7) is 0. The molecule has 0 spiro atoms. The van der Waals surface area contributed by atoms with E-state index >= 15 is 0 Å². The van der Waals surface area contributed by atoms with E-state index in [9.17, 15) is 13.2 Å². The predicted molar refractivity (Wildman–Crippen MR) is 104 cm³/mol. The Morgan fingerprint density at radius 1 is 1.00 bits per heavy atom. The van der Waals surface area contributed by atoms with Crippen LogP contribution in [0.3, 0.4) is 0 Å². The van der Waals surface area contributed by atoms with Crippen LogP contribution < -0.4 is 16.6 Å². The van der Waals surface area contributed by atoms with Crippen molar-refractivity contribution in [1.82, 2.24) is 4.98 Å². The van der Waals surface area contributed by atoms with Crippen molar-refractivity contribution in [1.29, 1.82) is 0 Å². The third-order valence-corrected chi connectivity index (χ3v) is 5.11. The Morgan fingerprint density at radius 2 is 1.67 bits per heavy atom. The standard InChI is InChI=1S/C18H15ClN4O3S/c19-12-3-1-10(2-4-12)11-7-14(17(20)15(8-11)18(21)24)16-6-5-13(9-23-16)27(22,25)26/h1-9H,20H2,(H2,21,24)(H2,22,25,26). The molecule has 138 valence electrons. The number of benzene rings is 2. The summed E-state index contributed by atoms with van der Waals surface area (Å²) in [7, 11) is -3.87. The summed E-state index contributed by atoms with van der Waals surface area (Å²) in [5.74, 6) is -0.689. The molecule has 0 atom stereocenters. The lowest BCUT2D eigenvalue weighted by atomic mass is 9.96. The number of nitrogens with zero attached hydrogens (tertiary/aromatic N) is 1. The zero-order valence-corrected chi connectivity index (χ0v) is 15.5. The number of primary amides is 1. The first-order valence-corrected chi connectivity index (χ1v) is 9.58. The minimum atomic E-state index is -3.87. The molecule has 6 N–H and O–H groups in total. The van der Waals surface area contributed by atoms with Crippen LogP contribution >= 0.6 is 11.6 Å². The molecule has 3 rings (SSSR count). The number of anilines is 1. The molecular formula is C18H15ClN4O3S. The summed E-state index contributed by atoms with van der Waals surface area (Å²) in [4.78, 5) is 15.8. The molecule has 0 unspecified atom stereocenters. The first kappa shape index (κ1) is 18.8. The Labute approximate surface area is 160 Å². The van der Waals surface area contributed by atoms with Gasteiger partial charge in [-0.3, -0.25) is 9.78 Å². The highest BCUT2D eigenvalue weighted by Crippen LogP contribution is 2.34. The Hall–Kier alpha value is -2.94. The number of amides is 1. The number of hydrogen-bond donors (Lipinski definition) is 3. The molecular weight excluding hydrogens is 388 g/mol. The molecule has 1 aromatic heterocycles. The molecule has 2 aromatic carbocycles. The van der Waals surface area contributed by atoms with E-state index in [1.54, 1.807) is 36.4 Å². The topological polar surface area (TPSA) is 142 Å². The van der Waals surface area contributed by atoms with Gasteiger partial charge in [0.15, 0.2) is 0 Å². The van der Waals surface area contributed by atoms with E-state index in [4.69, 9.17) is 28.2 Å². The van der Waals surface area contributed by atoms with Crippen molar-refractivity contribution >= 4 is 33.2 Å². The minimum absolute atomic E-state index is 0.131. The van der Waals surface area contributed by atoms with Gasteiger partial charge >= 0.3 is 0 Å². The van der Waals surface area contributed by atoms with Crippen molar-refractivity contribution < 1.29 is 13.2 Å². The first-order valence-electron chi connectivity index (χ1n) is 7.65. The average molecular weight is 403 g/mol. The number of pyridine rings is 1. The van der Waals surface area contributed by atoms with Gasteiger partial charge in [0, 0.05) is 16.8 Å². The van der Waals surface area contributed by atoms with Crippen molar-refractivity contribution in [3.8, 4) is 22.4 Å². The van der Waals surface area contributed by atoms with Gasteiger partial charge in [0.1, 0.15) is 4.90 Å². The number of halogens is 1. The summed E-state index contributed by atoms with van der Waals surface area (Å²) in [6.07, 6.45) is 1.13. The average Bonchev–Trinajstić information content (AvgIpc) is 2.62. The van der Waals surface area contributed by atoms with Crippen LogP contribution in [-0.4, -0.2) is 19.3 Å². The molecule has 7 nitrogen and oxygen atoms in total. The van der Waals surface area contributed by atoms with E-state index < -0.39 is 15.9 Å². The third-order valence-electron chi connectivity index (χ3n) is 3.96. The Bertz CT molecular complexity index is 1130. The largest absolute Gasteiger partial charge is 0.398 e. The smallest absolute Gasteiger partial charge is 0.250 e. The Kier molecular flexibility index (Phi) is 4.88. The summed E-state index contributed by atoms with van der Waals surface area (Å²) in [5, 5.41) is 5.66. The van der Waals surface area contributed by atoms with E-state index in [1.165, 1.54) is 12.1 Å². The van der Waals surface area contributed by atoms with E-state index in [2.05, 4.69) is 4.98 Å². The number of hydrogen-bond acceptors (Lipinski definition) is 5. The number of carbonyl (C=O) groups excluding carboxylic acids is 1. The van der Waals surface area contributed by atoms with Gasteiger partial charge < -0.3 is 11.5 Å². The number of rotatable bonds is 4. The zero-order valence-electron chi connectivity index (χ0n) is 13.9. The minimum Gasteiger partial charge on any atom is -0.398 e. The van der Waals surface area contributed by atoms with Crippen LogP contribution in [0, 0.1) is 0 Å². The normalized spacial score (nSPS) is 11.3. The van der Waals surface area contributed by atoms with Crippen LogP contribution in [0.1, 0.15) is 10.4 Å². The lowest BCUT2D eigenvalue weighted by Crippen LogP contribution is -2.15. The van der Waals surface area contributed by atoms with Gasteiger partial charge in [0.25, 0.3) is 5.91 Å². The maximum Gasteiger partial charge on any atom is 0.250 e. The molecule has 0 aliphatic heterocycles. The van der Waals surface area contributed by atoms with Gasteiger partial charge in [-0.15, -0.1) is 0 Å². The van der Waals surface area contributed by atoms with Crippen LogP contribution in [0.5, 0.6) is 0 Å². The number of sulfonamides is 1. The lowest BCUT2D eigenvalue weighted by Gasteiger charge is -2.13. The molecule has 1 heterocycles. The molecule has 0 saturated carbocycles. The maximum absolute atomic E-state index is 11.8. The highest BCUT2D eigenvalue weighted by atomic mass is 35.5. The van der Waals surface area contributed by atoms with Gasteiger partial charge in [0.2, 0.25) is 10.0 Å². The molecule has 27 heavy (non-hydrogen) atoms. The summed E-state index contributed by atoms with van der Waals surface area (Å²) in [5.41, 5.74) is 14.1. The van der Waals surface area contributed by atoms with Crippen LogP contribution in [0.2, 0.25) is 5.02 Å². The molecule has 0 radical (unpaired) electrons. The zero-order chi connectivity index (χ0) is 19.8. The summed E-state index contributed by atoms with van der Waals surface area (Å²) in [6, 6.07) is 13.1. The van der Waals surface area contributed by atoms with E-state index in [1.807, 2.05) is 0 Å². The number of nitrogen functional groups attached to an aromatic ring is 1. The van der Waals surface area contributed by atoms with Crippen molar-refractivity contribution in [2.75, 3.05) is 5.73 Å². The van der Waals surface area contributed by atoms with Crippen molar-refractivity contribution in [2.24, 2.45) is 10.9 Å². The molecule has 0 aliphatic carbocycles. The molecule has 0 saturated heterocycles. The first-order chi connectivity index (χ1) is 12.7. The van der Waals surface area contributed by atoms with Crippen LogP contribution in [0.25, 0.3) is 22.4 Å². The summed E-state index contributed by atoms with van der Waals surface area (Å²) >= 11 is 5.92. The van der Waals surface area contributed by atoms with Crippen LogP contribution in [-0.2, 0) is 10.0 Å². The molecule has 0 fully saturated rings. The molecule has 3 aromatic rings. The van der Waals surface area contributed by atoms with Crippen LogP contribution in [0.15, 0.2) is 59.6 Å². The Balaban J connectivity index is 2.19.